The van der Waals surface area contributed by atoms with Crippen LogP contribution in [0.2, 0.25) is 5.02 Å². The molecule has 18 rings (SSSR count). The number of fused-ring (bicyclic) bond motifs is 12. The number of rotatable bonds is 7. The van der Waals surface area contributed by atoms with Crippen LogP contribution in [-0.4, -0.2) is 20.1 Å². The lowest BCUT2D eigenvalue weighted by molar-refractivity contribution is 0.452. The van der Waals surface area contributed by atoms with E-state index < -0.39 is 0 Å². The predicted molar refractivity (Wildman–Crippen MR) is 342 cm³/mol. The molecule has 12 heteroatoms. The zero-order chi connectivity index (χ0) is 55.1. The Morgan fingerprint density at radius 1 is 0.262 bits per heavy atom. The molecule has 8 nitrogen and oxygen atoms in total. The van der Waals surface area contributed by atoms with Crippen LogP contribution >= 0.6 is 11.6 Å². The number of benzene rings is 12. The Kier molecular flexibility index (Phi) is 10.3. The molecule has 392 valence electrons. The Bertz CT molecular complexity index is 4640. The fourth-order valence-corrected chi connectivity index (χ4v) is 14.1. The Hall–Kier alpha value is -10.5. The largest absolute Gasteiger partial charge is 0.458 e. The molecule has 0 amide bonds. The van der Waals surface area contributed by atoms with Crippen molar-refractivity contribution in [3.63, 3.8) is 0 Å². The molecular formula is C72H43B3ClN3O5. The molecule has 12 aromatic rings. The fraction of sp³-hybridized carbons (Fsp3) is 0. The van der Waals surface area contributed by atoms with Crippen molar-refractivity contribution in [2.45, 2.75) is 0 Å². The summed E-state index contributed by atoms with van der Waals surface area (Å²) in [5.74, 6) is 7.29. The van der Waals surface area contributed by atoms with Gasteiger partial charge in [0.1, 0.15) is 57.5 Å². The summed E-state index contributed by atoms with van der Waals surface area (Å²) in [5, 5.41) is 0.510. The molecule has 0 saturated carbocycles. The molecule has 12 aromatic carbocycles. The highest BCUT2D eigenvalue weighted by atomic mass is 35.5. The molecule has 0 atom stereocenters. The number of hydrogen-bond donors (Lipinski definition) is 0. The first-order chi connectivity index (χ1) is 41.5. The van der Waals surface area contributed by atoms with Gasteiger partial charge in [0, 0.05) is 86.1 Å². The molecule has 6 heterocycles. The van der Waals surface area contributed by atoms with Crippen molar-refractivity contribution in [3.8, 4) is 57.5 Å². The molecule has 0 aliphatic carbocycles. The summed E-state index contributed by atoms with van der Waals surface area (Å²) in [7, 11) is 0. The van der Waals surface area contributed by atoms with Crippen LogP contribution < -0.4 is 87.5 Å². The average molecular weight is 1100 g/mol. The summed E-state index contributed by atoms with van der Waals surface area (Å²) in [4.78, 5) is 6.93. The molecule has 0 bridgehead atoms. The number of anilines is 9. The first kappa shape index (κ1) is 47.2. The maximum Gasteiger partial charge on any atom is 0.260 e. The maximum atomic E-state index is 7.21. The van der Waals surface area contributed by atoms with Gasteiger partial charge in [-0.3, -0.25) is 0 Å². The van der Waals surface area contributed by atoms with Crippen LogP contribution in [0.25, 0.3) is 0 Å². The van der Waals surface area contributed by atoms with E-state index in [0.717, 1.165) is 135 Å². The Balaban J connectivity index is 0.840. The number of nitrogens with zero attached hydrogens (tertiary/aromatic N) is 3. The third kappa shape index (κ3) is 7.12. The van der Waals surface area contributed by atoms with Gasteiger partial charge in [-0.25, -0.2) is 0 Å². The van der Waals surface area contributed by atoms with Crippen molar-refractivity contribution >= 4 is 132 Å². The van der Waals surface area contributed by atoms with Crippen LogP contribution in [0.15, 0.2) is 261 Å². The minimum atomic E-state index is -0.326. The van der Waals surface area contributed by atoms with Crippen LogP contribution in [0, 0.1) is 0 Å². The van der Waals surface area contributed by atoms with E-state index in [1.165, 1.54) is 0 Å². The van der Waals surface area contributed by atoms with E-state index in [0.29, 0.717) is 28.0 Å². The van der Waals surface area contributed by atoms with E-state index in [1.54, 1.807) is 0 Å². The SMILES string of the molecule is Clc1cc2c3c(c1)Oc1cc4c(cc1B3c1cc3c(cc1O2)Oc1cc(N(c2ccccc2)c2ccccc2)cc2c1B3c1ccccc1O2)B1c2ccccc2Oc2cc(N(c3ccccc3)c3ccccc3)cc(c21)N4c1ccccc1. The smallest absolute Gasteiger partial charge is 0.260 e. The summed E-state index contributed by atoms with van der Waals surface area (Å²) in [6.45, 7) is -0.763. The van der Waals surface area contributed by atoms with E-state index in [-0.39, 0.29) is 20.1 Å². The van der Waals surface area contributed by atoms with Gasteiger partial charge >= 0.3 is 0 Å². The number of halogens is 1. The topological polar surface area (TPSA) is 55.9 Å². The van der Waals surface area contributed by atoms with Gasteiger partial charge in [0.2, 0.25) is 0 Å². The highest BCUT2D eigenvalue weighted by Gasteiger charge is 2.49. The molecule has 0 unspecified atom stereocenters. The van der Waals surface area contributed by atoms with Crippen LogP contribution in [-0.2, 0) is 0 Å². The second-order valence-electron chi connectivity index (χ2n) is 22.0. The van der Waals surface area contributed by atoms with Crippen molar-refractivity contribution < 1.29 is 23.7 Å². The van der Waals surface area contributed by atoms with Crippen molar-refractivity contribution in [2.75, 3.05) is 14.7 Å². The standard InChI is InChI=1S/C72H43B3ClN3O5/c76-44-34-65-71-66(35-44)83-64-43-63-56(74-53-31-17-19-33-61(53)81-68-38-51(39-69(84-63)72(68)74)78(47-24-10-3-11-25-47)48-26-12-4-13-27-48)41-57(64)75(71)55-40-54-58(42-62(55)82-65)79(49-28-14-5-15-29-49)59-36-50(37-67-70(59)73(54)52-30-16-18-32-60(52)80-67)77(45-20-6-1-7-21-45)46-22-8-2-9-23-46/h1-43H. The van der Waals surface area contributed by atoms with Gasteiger partial charge < -0.3 is 38.4 Å². The van der Waals surface area contributed by atoms with Crippen molar-refractivity contribution in [1.82, 2.24) is 0 Å². The third-order valence-electron chi connectivity index (χ3n) is 17.3. The number of hydrogen-bond acceptors (Lipinski definition) is 8. The monoisotopic (exact) mass is 1100 g/mol. The molecule has 0 radical (unpaired) electrons. The molecule has 0 saturated heterocycles. The van der Waals surface area contributed by atoms with Gasteiger partial charge in [0.25, 0.3) is 20.1 Å². The van der Waals surface area contributed by atoms with E-state index in [2.05, 4.69) is 245 Å². The van der Waals surface area contributed by atoms with Crippen LogP contribution in [0.4, 0.5) is 51.2 Å². The van der Waals surface area contributed by atoms with Gasteiger partial charge in [-0.2, -0.15) is 0 Å². The van der Waals surface area contributed by atoms with Gasteiger partial charge in [0.15, 0.2) is 0 Å². The van der Waals surface area contributed by atoms with Crippen LogP contribution in [0.1, 0.15) is 0 Å². The Morgan fingerprint density at radius 2 is 0.619 bits per heavy atom. The molecule has 6 aliphatic rings. The van der Waals surface area contributed by atoms with E-state index >= 15 is 0 Å². The van der Waals surface area contributed by atoms with Crippen LogP contribution in [0.5, 0.6) is 57.5 Å². The first-order valence-corrected chi connectivity index (χ1v) is 28.7. The molecule has 0 N–H and O–H groups in total. The predicted octanol–water partition coefficient (Wildman–Crippen LogP) is 13.1. The number of para-hydroxylation sites is 7. The summed E-state index contributed by atoms with van der Waals surface area (Å²) in [6, 6.07) is 91.1. The van der Waals surface area contributed by atoms with Gasteiger partial charge in [-0.05, 0) is 129 Å². The van der Waals surface area contributed by atoms with Gasteiger partial charge in [0.05, 0.1) is 11.4 Å². The fourth-order valence-electron chi connectivity index (χ4n) is 13.9. The third-order valence-corrected chi connectivity index (χ3v) is 17.5. The minimum Gasteiger partial charge on any atom is -0.458 e. The average Bonchev–Trinajstić information content (AvgIpc) is 0.892. The second-order valence-corrected chi connectivity index (χ2v) is 22.4. The molecule has 0 aromatic heterocycles. The first-order valence-electron chi connectivity index (χ1n) is 28.3. The zero-order valence-corrected chi connectivity index (χ0v) is 45.6. The Morgan fingerprint density at radius 3 is 1.11 bits per heavy atom. The van der Waals surface area contributed by atoms with E-state index in [4.69, 9.17) is 35.3 Å². The highest BCUT2D eigenvalue weighted by molar-refractivity contribution is 7.02. The lowest BCUT2D eigenvalue weighted by atomic mass is 9.30. The van der Waals surface area contributed by atoms with E-state index in [1.807, 2.05) is 30.3 Å². The maximum absolute atomic E-state index is 7.21. The summed E-state index contributed by atoms with van der Waals surface area (Å²) >= 11 is 7.08. The second kappa shape index (κ2) is 18.3. The van der Waals surface area contributed by atoms with Crippen molar-refractivity contribution in [2.24, 2.45) is 0 Å². The van der Waals surface area contributed by atoms with Crippen molar-refractivity contribution in [3.05, 3.63) is 266 Å². The van der Waals surface area contributed by atoms with Gasteiger partial charge in [-0.1, -0.05) is 151 Å². The van der Waals surface area contributed by atoms with Gasteiger partial charge in [-0.15, -0.1) is 0 Å². The lowest BCUT2D eigenvalue weighted by Crippen LogP contribution is -2.63. The summed E-state index contributed by atoms with van der Waals surface area (Å²) < 4.78 is 35.6. The zero-order valence-electron chi connectivity index (χ0n) is 44.8. The molecule has 0 spiro atoms. The molecule has 84 heavy (non-hydrogen) atoms. The minimum absolute atomic E-state index is 0.211. The lowest BCUT2D eigenvalue weighted by Gasteiger charge is -2.42. The molecule has 6 aliphatic heterocycles. The normalized spacial score (nSPS) is 13.4. The van der Waals surface area contributed by atoms with E-state index in [9.17, 15) is 0 Å². The van der Waals surface area contributed by atoms with Crippen LogP contribution in [0.3, 0.4) is 0 Å². The molecular weight excluding hydrogens is 1050 g/mol. The quantitative estimate of drug-likeness (QED) is 0.146. The van der Waals surface area contributed by atoms with Crippen molar-refractivity contribution in [1.29, 1.82) is 0 Å². The Labute approximate surface area is 491 Å². The highest BCUT2D eigenvalue weighted by Crippen LogP contribution is 2.49. The summed E-state index contributed by atoms with van der Waals surface area (Å²) in [5.41, 5.74) is 18.3. The summed E-state index contributed by atoms with van der Waals surface area (Å²) in [6.07, 6.45) is 0. The molecule has 0 fully saturated rings. The number of ether oxygens (including phenoxy) is 5.